The van der Waals surface area contributed by atoms with Crippen LogP contribution in [-0.4, -0.2) is 20.7 Å². The zero-order chi connectivity index (χ0) is 19.1. The molecular formula is C20H18ClN5O. The van der Waals surface area contributed by atoms with Gasteiger partial charge in [0.15, 0.2) is 5.82 Å². The number of fused-ring (bicyclic) bond motifs is 1. The van der Waals surface area contributed by atoms with Crippen LogP contribution >= 0.6 is 11.6 Å². The monoisotopic (exact) mass is 379 g/mol. The van der Waals surface area contributed by atoms with Crippen LogP contribution in [0.1, 0.15) is 24.1 Å². The molecule has 1 aromatic heterocycles. The molecule has 1 aliphatic heterocycles. The third-order valence-corrected chi connectivity index (χ3v) is 4.83. The Labute approximate surface area is 161 Å². The maximum absolute atomic E-state index is 12.2. The lowest BCUT2D eigenvalue weighted by Crippen LogP contribution is -2.31. The Hall–Kier alpha value is -3.12. The Morgan fingerprint density at radius 2 is 1.93 bits per heavy atom. The quantitative estimate of drug-likeness (QED) is 0.726. The van der Waals surface area contributed by atoms with E-state index in [-0.39, 0.29) is 0 Å². The van der Waals surface area contributed by atoms with Crippen LogP contribution in [0.15, 0.2) is 59.8 Å². The van der Waals surface area contributed by atoms with E-state index in [1.54, 1.807) is 16.8 Å². The largest absolute Gasteiger partial charge is 0.366 e. The Morgan fingerprint density at radius 3 is 2.59 bits per heavy atom. The van der Waals surface area contributed by atoms with Crippen molar-refractivity contribution in [2.45, 2.75) is 19.9 Å². The highest BCUT2D eigenvalue weighted by Gasteiger charge is 2.33. The first-order valence-corrected chi connectivity index (χ1v) is 8.88. The SMILES string of the molecule is CC1=C(C(N)=O)[C@@H](c2ccc(Cl)cc2)n2nc(-c3cccc(C)c3)nc2N1. The molecule has 3 N–H and O–H groups in total. The number of anilines is 1. The summed E-state index contributed by atoms with van der Waals surface area (Å²) in [6, 6.07) is 14.8. The van der Waals surface area contributed by atoms with Crippen LogP contribution in [0.25, 0.3) is 11.4 Å². The molecular weight excluding hydrogens is 362 g/mol. The molecule has 27 heavy (non-hydrogen) atoms. The van der Waals surface area contributed by atoms with Crippen molar-refractivity contribution in [2.24, 2.45) is 5.73 Å². The number of nitrogens with zero attached hydrogens (tertiary/aromatic N) is 3. The predicted molar refractivity (Wildman–Crippen MR) is 105 cm³/mol. The Kier molecular flexibility index (Phi) is 4.20. The molecule has 0 fully saturated rings. The van der Waals surface area contributed by atoms with E-state index in [1.807, 2.05) is 50.2 Å². The molecule has 0 unspecified atom stereocenters. The van der Waals surface area contributed by atoms with E-state index in [2.05, 4.69) is 15.4 Å². The van der Waals surface area contributed by atoms with Crippen LogP contribution in [-0.2, 0) is 4.79 Å². The van der Waals surface area contributed by atoms with Gasteiger partial charge in [0.25, 0.3) is 0 Å². The van der Waals surface area contributed by atoms with Crippen molar-refractivity contribution >= 4 is 23.5 Å². The van der Waals surface area contributed by atoms with E-state index in [0.29, 0.717) is 28.1 Å². The minimum atomic E-state index is -0.502. The topological polar surface area (TPSA) is 85.8 Å². The van der Waals surface area contributed by atoms with Gasteiger partial charge in [0.05, 0.1) is 5.57 Å². The normalized spacial score (nSPS) is 16.0. The minimum Gasteiger partial charge on any atom is -0.366 e. The number of carbonyl (C=O) groups excluding carboxylic acids is 1. The summed E-state index contributed by atoms with van der Waals surface area (Å²) < 4.78 is 1.70. The minimum absolute atomic E-state index is 0.450. The van der Waals surface area contributed by atoms with E-state index in [4.69, 9.17) is 17.3 Å². The fourth-order valence-electron chi connectivity index (χ4n) is 3.33. The maximum atomic E-state index is 12.2. The van der Waals surface area contributed by atoms with Crippen molar-refractivity contribution in [2.75, 3.05) is 5.32 Å². The summed E-state index contributed by atoms with van der Waals surface area (Å²) in [5.74, 6) is 0.644. The first-order chi connectivity index (χ1) is 12.9. The van der Waals surface area contributed by atoms with Gasteiger partial charge in [-0.3, -0.25) is 4.79 Å². The second kappa shape index (κ2) is 6.55. The fourth-order valence-corrected chi connectivity index (χ4v) is 3.46. The van der Waals surface area contributed by atoms with Crippen molar-refractivity contribution in [3.63, 3.8) is 0 Å². The molecule has 1 atom stereocenters. The number of nitrogens with two attached hydrogens (primary N) is 1. The number of allylic oxidation sites excluding steroid dienone is 1. The third-order valence-electron chi connectivity index (χ3n) is 4.58. The molecule has 0 saturated carbocycles. The predicted octanol–water partition coefficient (Wildman–Crippen LogP) is 3.68. The van der Waals surface area contributed by atoms with Gasteiger partial charge in [-0.1, -0.05) is 47.5 Å². The molecule has 3 aromatic rings. The van der Waals surface area contributed by atoms with E-state index in [1.165, 1.54) is 0 Å². The Balaban J connectivity index is 1.88. The van der Waals surface area contributed by atoms with Gasteiger partial charge >= 0.3 is 0 Å². The number of hydrogen-bond donors (Lipinski definition) is 2. The van der Waals surface area contributed by atoms with Crippen molar-refractivity contribution < 1.29 is 4.79 Å². The zero-order valence-electron chi connectivity index (χ0n) is 14.9. The van der Waals surface area contributed by atoms with Crippen LogP contribution in [0.2, 0.25) is 5.02 Å². The summed E-state index contributed by atoms with van der Waals surface area (Å²) in [4.78, 5) is 16.8. The number of carbonyl (C=O) groups is 1. The fraction of sp³-hybridized carbons (Fsp3) is 0.150. The second-order valence-corrected chi connectivity index (χ2v) is 6.99. The van der Waals surface area contributed by atoms with Crippen LogP contribution in [0.4, 0.5) is 5.95 Å². The van der Waals surface area contributed by atoms with Gasteiger partial charge in [0.1, 0.15) is 6.04 Å². The number of nitrogens with one attached hydrogen (secondary N) is 1. The number of amides is 1. The molecule has 2 aromatic carbocycles. The molecule has 0 radical (unpaired) electrons. The van der Waals surface area contributed by atoms with Crippen LogP contribution < -0.4 is 11.1 Å². The summed E-state index contributed by atoms with van der Waals surface area (Å²) in [6.07, 6.45) is 0. The van der Waals surface area contributed by atoms with E-state index in [0.717, 1.165) is 16.7 Å². The number of hydrogen-bond acceptors (Lipinski definition) is 4. The Bertz CT molecular complexity index is 1070. The summed E-state index contributed by atoms with van der Waals surface area (Å²) in [5.41, 5.74) is 9.69. The third kappa shape index (κ3) is 3.08. The number of rotatable bonds is 3. The zero-order valence-corrected chi connectivity index (χ0v) is 15.7. The van der Waals surface area contributed by atoms with E-state index in [9.17, 15) is 4.79 Å². The molecule has 0 spiro atoms. The smallest absolute Gasteiger partial charge is 0.248 e. The Morgan fingerprint density at radius 1 is 1.19 bits per heavy atom. The van der Waals surface area contributed by atoms with Gasteiger partial charge in [-0.2, -0.15) is 4.98 Å². The maximum Gasteiger partial charge on any atom is 0.248 e. The molecule has 1 amide bonds. The molecule has 1 aliphatic rings. The van der Waals surface area contributed by atoms with E-state index < -0.39 is 11.9 Å². The highest BCUT2D eigenvalue weighted by molar-refractivity contribution is 6.30. The number of aromatic nitrogens is 3. The number of aryl methyl sites for hydroxylation is 1. The number of primary amides is 1. The highest BCUT2D eigenvalue weighted by Crippen LogP contribution is 2.36. The summed E-state index contributed by atoms with van der Waals surface area (Å²) in [5, 5.41) is 8.45. The number of benzene rings is 2. The van der Waals surface area contributed by atoms with Gasteiger partial charge in [-0.25, -0.2) is 4.68 Å². The molecule has 0 bridgehead atoms. The molecule has 136 valence electrons. The van der Waals surface area contributed by atoms with E-state index >= 15 is 0 Å². The van der Waals surface area contributed by atoms with Gasteiger partial charge < -0.3 is 11.1 Å². The first kappa shape index (κ1) is 17.3. The molecule has 2 heterocycles. The average Bonchev–Trinajstić information content (AvgIpc) is 3.04. The van der Waals surface area contributed by atoms with Gasteiger partial charge in [-0.05, 0) is 37.6 Å². The van der Waals surface area contributed by atoms with Crippen molar-refractivity contribution in [1.82, 2.24) is 14.8 Å². The van der Waals surface area contributed by atoms with Crippen LogP contribution in [0.5, 0.6) is 0 Å². The summed E-state index contributed by atoms with van der Waals surface area (Å²) in [7, 11) is 0. The first-order valence-electron chi connectivity index (χ1n) is 8.50. The average molecular weight is 380 g/mol. The lowest BCUT2D eigenvalue weighted by atomic mass is 9.95. The van der Waals surface area contributed by atoms with Crippen molar-refractivity contribution in [1.29, 1.82) is 0 Å². The standard InChI is InChI=1S/C20H18ClN5O/c1-11-4-3-5-14(10-11)19-24-20-23-12(2)16(18(22)27)17(26(20)25-19)13-6-8-15(21)9-7-13/h3-10,17H,1-2H3,(H2,22,27)(H,23,24,25)/t17-/m1/s1. The highest BCUT2D eigenvalue weighted by atomic mass is 35.5. The lowest BCUT2D eigenvalue weighted by Gasteiger charge is -2.27. The molecule has 4 rings (SSSR count). The van der Waals surface area contributed by atoms with Gasteiger partial charge in [-0.15, -0.1) is 5.10 Å². The van der Waals surface area contributed by atoms with Gasteiger partial charge in [0, 0.05) is 16.3 Å². The molecule has 0 saturated heterocycles. The van der Waals surface area contributed by atoms with Crippen molar-refractivity contribution in [3.8, 4) is 11.4 Å². The second-order valence-electron chi connectivity index (χ2n) is 6.56. The molecule has 7 heteroatoms. The summed E-state index contributed by atoms with van der Waals surface area (Å²) >= 11 is 6.03. The van der Waals surface area contributed by atoms with Crippen LogP contribution in [0.3, 0.4) is 0 Å². The number of halogens is 1. The lowest BCUT2D eigenvalue weighted by molar-refractivity contribution is -0.115. The van der Waals surface area contributed by atoms with Gasteiger partial charge in [0.2, 0.25) is 11.9 Å². The summed E-state index contributed by atoms with van der Waals surface area (Å²) in [6.45, 7) is 3.83. The molecule has 0 aliphatic carbocycles. The van der Waals surface area contributed by atoms with Crippen molar-refractivity contribution in [3.05, 3.63) is 76.0 Å². The van der Waals surface area contributed by atoms with Crippen LogP contribution in [0, 0.1) is 6.92 Å². The molecule has 6 nitrogen and oxygen atoms in total.